The maximum absolute atomic E-state index is 14.8. The molecule has 1 atom stereocenters. The molecule has 2 heterocycles. The molecule has 1 saturated heterocycles. The van der Waals surface area contributed by atoms with Gasteiger partial charge in [0.2, 0.25) is 0 Å². The Morgan fingerprint density at radius 2 is 1.79 bits per heavy atom. The molecule has 6 heteroatoms. The summed E-state index contributed by atoms with van der Waals surface area (Å²) in [7, 11) is 1.83. The number of halogens is 1. The first-order chi connectivity index (χ1) is 14.1. The van der Waals surface area contributed by atoms with Gasteiger partial charge in [0.15, 0.2) is 0 Å². The highest BCUT2D eigenvalue weighted by Crippen LogP contribution is 2.33. The van der Waals surface area contributed by atoms with E-state index in [0.29, 0.717) is 17.1 Å². The molecule has 1 fully saturated rings. The second-order valence-electron chi connectivity index (χ2n) is 7.54. The fraction of sp³-hybridized carbons (Fsp3) is 0.348. The normalized spacial score (nSPS) is 16.2. The summed E-state index contributed by atoms with van der Waals surface area (Å²) >= 11 is 0. The third-order valence-electron chi connectivity index (χ3n) is 5.66. The van der Waals surface area contributed by atoms with Crippen LogP contribution >= 0.6 is 0 Å². The van der Waals surface area contributed by atoms with Crippen LogP contribution in [0.2, 0.25) is 0 Å². The molecule has 5 nitrogen and oxygen atoms in total. The highest BCUT2D eigenvalue weighted by molar-refractivity contribution is 5.57. The number of hydrogen-bond donors (Lipinski definition) is 1. The second kappa shape index (κ2) is 8.76. The van der Waals surface area contributed by atoms with Crippen molar-refractivity contribution in [3.8, 4) is 0 Å². The Balaban J connectivity index is 1.45. The summed E-state index contributed by atoms with van der Waals surface area (Å²) in [5, 5.41) is 10.9. The Hall–Kier alpha value is -2.70. The van der Waals surface area contributed by atoms with Crippen LogP contribution in [-0.2, 0) is 13.5 Å². The van der Waals surface area contributed by atoms with Gasteiger partial charge in [-0.2, -0.15) is 0 Å². The summed E-state index contributed by atoms with van der Waals surface area (Å²) in [6, 6.07) is 15.4. The molecule has 0 amide bonds. The minimum Gasteiger partial charge on any atom is -0.380 e. The fourth-order valence-corrected chi connectivity index (χ4v) is 3.99. The van der Waals surface area contributed by atoms with Gasteiger partial charge in [0.1, 0.15) is 17.7 Å². The van der Waals surface area contributed by atoms with E-state index in [1.807, 2.05) is 13.1 Å². The van der Waals surface area contributed by atoms with Gasteiger partial charge < -0.3 is 14.6 Å². The minimum absolute atomic E-state index is 0.298. The van der Waals surface area contributed by atoms with Gasteiger partial charge in [-0.1, -0.05) is 42.5 Å². The van der Waals surface area contributed by atoms with E-state index in [1.165, 1.54) is 11.6 Å². The maximum Gasteiger partial charge on any atom is 0.146 e. The van der Waals surface area contributed by atoms with E-state index in [-0.39, 0.29) is 5.82 Å². The first-order valence-corrected chi connectivity index (χ1v) is 10.1. The van der Waals surface area contributed by atoms with Crippen LogP contribution in [-0.4, -0.2) is 52.3 Å². The Morgan fingerprint density at radius 3 is 2.48 bits per heavy atom. The number of anilines is 1. The molecular formula is C23H27FN4O. The van der Waals surface area contributed by atoms with Crippen molar-refractivity contribution in [2.45, 2.75) is 12.5 Å². The predicted octanol–water partition coefficient (Wildman–Crippen LogP) is 3.01. The average molecular weight is 394 g/mol. The Morgan fingerprint density at radius 1 is 1.03 bits per heavy atom. The van der Waals surface area contributed by atoms with Crippen molar-refractivity contribution in [2.75, 3.05) is 37.6 Å². The largest absolute Gasteiger partial charge is 0.380 e. The van der Waals surface area contributed by atoms with Crippen LogP contribution < -0.4 is 4.90 Å². The lowest BCUT2D eigenvalue weighted by atomic mass is 10.0. The molecule has 1 aromatic heterocycles. The number of aromatic nitrogens is 2. The summed E-state index contributed by atoms with van der Waals surface area (Å²) < 4.78 is 16.6. The molecule has 0 bridgehead atoms. The molecule has 1 aliphatic rings. The zero-order valence-corrected chi connectivity index (χ0v) is 16.7. The van der Waals surface area contributed by atoms with Crippen molar-refractivity contribution < 1.29 is 9.50 Å². The predicted molar refractivity (Wildman–Crippen MR) is 112 cm³/mol. The molecule has 0 radical (unpaired) electrons. The Kier molecular flexibility index (Phi) is 5.92. The first-order valence-electron chi connectivity index (χ1n) is 10.1. The number of rotatable bonds is 6. The number of benzene rings is 2. The summed E-state index contributed by atoms with van der Waals surface area (Å²) in [6.45, 7) is 4.21. The van der Waals surface area contributed by atoms with Crippen LogP contribution in [0.5, 0.6) is 0 Å². The molecule has 152 valence electrons. The van der Waals surface area contributed by atoms with Gasteiger partial charge in [-0.05, 0) is 18.1 Å². The van der Waals surface area contributed by atoms with E-state index >= 15 is 0 Å². The zero-order chi connectivity index (χ0) is 20.2. The van der Waals surface area contributed by atoms with Crippen molar-refractivity contribution in [1.82, 2.24) is 14.5 Å². The lowest BCUT2D eigenvalue weighted by Crippen LogP contribution is -2.47. The number of para-hydroxylation sites is 1. The molecular weight excluding hydrogens is 367 g/mol. The van der Waals surface area contributed by atoms with Gasteiger partial charge in [-0.3, -0.25) is 4.90 Å². The highest BCUT2D eigenvalue weighted by Gasteiger charge is 2.26. The third-order valence-corrected chi connectivity index (χ3v) is 5.66. The molecule has 29 heavy (non-hydrogen) atoms. The van der Waals surface area contributed by atoms with Crippen LogP contribution in [0.1, 0.15) is 23.1 Å². The van der Waals surface area contributed by atoms with Crippen LogP contribution in [0, 0.1) is 5.82 Å². The lowest BCUT2D eigenvalue weighted by Gasteiger charge is -2.37. The molecule has 0 aliphatic carbocycles. The molecule has 2 aromatic carbocycles. The van der Waals surface area contributed by atoms with Crippen LogP contribution in [0.25, 0.3) is 0 Å². The van der Waals surface area contributed by atoms with Crippen LogP contribution in [0.4, 0.5) is 10.1 Å². The van der Waals surface area contributed by atoms with Gasteiger partial charge in [0.25, 0.3) is 0 Å². The lowest BCUT2D eigenvalue weighted by molar-refractivity contribution is 0.205. The van der Waals surface area contributed by atoms with E-state index in [2.05, 4.69) is 39.0 Å². The van der Waals surface area contributed by atoms with E-state index in [0.717, 1.165) is 39.1 Å². The monoisotopic (exact) mass is 394 g/mol. The van der Waals surface area contributed by atoms with E-state index in [9.17, 15) is 9.50 Å². The third kappa shape index (κ3) is 4.33. The molecule has 3 aromatic rings. The standard InChI is InChI=1S/C23H27FN4O/c1-26-13-11-25-23(26)22(29)19-8-5-9-20(24)21(19)28-16-14-27(15-17-28)12-10-18-6-3-2-4-7-18/h2-9,11,13,22,29H,10,12,14-17H2,1H3/t22-/m0/s1. The molecule has 1 aliphatic heterocycles. The minimum atomic E-state index is -0.961. The Bertz CT molecular complexity index is 935. The van der Waals surface area contributed by atoms with Crippen molar-refractivity contribution in [3.05, 3.63) is 83.7 Å². The van der Waals surface area contributed by atoms with Gasteiger partial charge >= 0.3 is 0 Å². The van der Waals surface area contributed by atoms with E-state index in [4.69, 9.17) is 0 Å². The molecule has 1 N–H and O–H groups in total. The second-order valence-corrected chi connectivity index (χ2v) is 7.54. The molecule has 4 rings (SSSR count). The van der Waals surface area contributed by atoms with Gasteiger partial charge in [-0.15, -0.1) is 0 Å². The maximum atomic E-state index is 14.8. The number of piperazine rings is 1. The first kappa shape index (κ1) is 19.6. The quantitative estimate of drug-likeness (QED) is 0.698. The summed E-state index contributed by atoms with van der Waals surface area (Å²) in [4.78, 5) is 8.70. The topological polar surface area (TPSA) is 44.5 Å². The van der Waals surface area contributed by atoms with Gasteiger partial charge in [-0.25, -0.2) is 9.37 Å². The van der Waals surface area contributed by atoms with Crippen molar-refractivity contribution in [2.24, 2.45) is 7.05 Å². The smallest absolute Gasteiger partial charge is 0.146 e. The van der Waals surface area contributed by atoms with Crippen molar-refractivity contribution >= 4 is 5.69 Å². The van der Waals surface area contributed by atoms with Gasteiger partial charge in [0, 0.05) is 57.7 Å². The summed E-state index contributed by atoms with van der Waals surface area (Å²) in [5.41, 5.74) is 2.40. The number of aliphatic hydroxyl groups excluding tert-OH is 1. The SMILES string of the molecule is Cn1ccnc1[C@@H](O)c1cccc(F)c1N1CCN(CCc2ccccc2)CC1. The Labute approximate surface area is 171 Å². The number of hydrogen-bond acceptors (Lipinski definition) is 4. The number of nitrogens with zero attached hydrogens (tertiary/aromatic N) is 4. The number of aryl methyl sites for hydroxylation is 1. The number of imidazole rings is 1. The van der Waals surface area contributed by atoms with Crippen molar-refractivity contribution in [3.63, 3.8) is 0 Å². The average Bonchev–Trinajstić information content (AvgIpc) is 3.18. The molecule has 0 unspecified atom stereocenters. The van der Waals surface area contributed by atoms with E-state index in [1.54, 1.807) is 29.1 Å². The summed E-state index contributed by atoms with van der Waals surface area (Å²) in [6.07, 6.45) is 3.48. The van der Waals surface area contributed by atoms with Gasteiger partial charge in [0.05, 0.1) is 5.69 Å². The zero-order valence-electron chi connectivity index (χ0n) is 16.7. The van der Waals surface area contributed by atoms with E-state index < -0.39 is 6.10 Å². The molecule has 0 saturated carbocycles. The van der Waals surface area contributed by atoms with Crippen molar-refractivity contribution in [1.29, 1.82) is 0 Å². The van der Waals surface area contributed by atoms with Crippen LogP contribution in [0.3, 0.4) is 0 Å². The van der Waals surface area contributed by atoms with Crippen LogP contribution in [0.15, 0.2) is 60.9 Å². The fourth-order valence-electron chi connectivity index (χ4n) is 3.99. The number of aliphatic hydroxyl groups is 1. The molecule has 0 spiro atoms. The highest BCUT2D eigenvalue weighted by atomic mass is 19.1. The summed E-state index contributed by atoms with van der Waals surface area (Å²) in [5.74, 6) is 0.215.